The normalized spacial score (nSPS) is 20.8. The number of carbonyl (C=O) groups is 2. The average Bonchev–Trinajstić information content (AvgIpc) is 2.74. The Labute approximate surface area is 166 Å². The second kappa shape index (κ2) is 9.85. The summed E-state index contributed by atoms with van der Waals surface area (Å²) in [6.45, 7) is -0.0602. The number of hydrogen-bond donors (Lipinski definition) is 3. The number of amides is 2. The Morgan fingerprint density at radius 2 is 1.97 bits per heavy atom. The number of aliphatic hydroxyl groups excluding tert-OH is 1. The minimum absolute atomic E-state index is 0.0662. The van der Waals surface area contributed by atoms with E-state index in [1.807, 2.05) is 0 Å². The van der Waals surface area contributed by atoms with Crippen molar-refractivity contribution in [1.82, 2.24) is 20.6 Å². The van der Waals surface area contributed by atoms with Crippen molar-refractivity contribution < 1.29 is 23.8 Å². The van der Waals surface area contributed by atoms with Gasteiger partial charge in [-0.1, -0.05) is 12.2 Å². The molecule has 1 aliphatic heterocycles. The first-order valence-electron chi connectivity index (χ1n) is 9.08. The molecule has 2 aromatic rings. The third-order valence-electron chi connectivity index (χ3n) is 4.36. The highest BCUT2D eigenvalue weighted by Gasteiger charge is 2.29. The van der Waals surface area contributed by atoms with E-state index in [1.54, 1.807) is 24.4 Å². The van der Waals surface area contributed by atoms with Gasteiger partial charge in [-0.3, -0.25) is 9.59 Å². The highest BCUT2D eigenvalue weighted by molar-refractivity contribution is 5.94. The van der Waals surface area contributed by atoms with Crippen LogP contribution in [0, 0.1) is 5.82 Å². The number of hydrogen-bond acceptors (Lipinski definition) is 6. The van der Waals surface area contributed by atoms with Gasteiger partial charge in [0.15, 0.2) is 0 Å². The third kappa shape index (κ3) is 5.90. The van der Waals surface area contributed by atoms with Crippen molar-refractivity contribution in [2.45, 2.75) is 31.2 Å². The van der Waals surface area contributed by atoms with Crippen LogP contribution in [0.25, 0.3) is 0 Å². The van der Waals surface area contributed by atoms with Crippen molar-refractivity contribution in [3.8, 4) is 0 Å². The molecule has 0 bridgehead atoms. The van der Waals surface area contributed by atoms with Crippen LogP contribution in [0.2, 0.25) is 0 Å². The van der Waals surface area contributed by atoms with Crippen molar-refractivity contribution in [3.63, 3.8) is 0 Å². The van der Waals surface area contributed by atoms with Crippen molar-refractivity contribution >= 4 is 11.8 Å². The number of ether oxygens (including phenoxy) is 1. The summed E-state index contributed by atoms with van der Waals surface area (Å²) >= 11 is 0. The van der Waals surface area contributed by atoms with E-state index in [1.165, 1.54) is 30.6 Å². The lowest BCUT2D eigenvalue weighted by molar-refractivity contribution is -0.125. The van der Waals surface area contributed by atoms with Crippen LogP contribution in [0.4, 0.5) is 4.39 Å². The van der Waals surface area contributed by atoms with Crippen LogP contribution >= 0.6 is 0 Å². The number of halogens is 1. The third-order valence-corrected chi connectivity index (χ3v) is 4.36. The molecule has 3 N–H and O–H groups in total. The largest absolute Gasteiger partial charge is 0.394 e. The molecule has 1 aromatic carbocycles. The maximum Gasteiger partial charge on any atom is 0.251 e. The molecule has 0 spiro atoms. The zero-order chi connectivity index (χ0) is 20.6. The Bertz CT molecular complexity index is 861. The van der Waals surface area contributed by atoms with Crippen molar-refractivity contribution in [3.05, 3.63) is 72.1 Å². The van der Waals surface area contributed by atoms with Gasteiger partial charge in [0.1, 0.15) is 18.2 Å². The maximum atomic E-state index is 13.0. The molecule has 0 saturated heterocycles. The standard InChI is InChI=1S/C20H21FN4O4/c21-14-3-1-13(2-4-14)20(28)25-17-6-5-16(29-18(17)11-26)9-19(27)23-10-15-7-8-22-12-24-15/h1-8,12,16-18,26H,9-11H2,(H,23,27)(H,25,28)/t16-,17+,18+/m1/s1. The first-order chi connectivity index (χ1) is 14.0. The quantitative estimate of drug-likeness (QED) is 0.591. The van der Waals surface area contributed by atoms with Gasteiger partial charge in [-0.2, -0.15) is 0 Å². The molecule has 0 radical (unpaired) electrons. The monoisotopic (exact) mass is 400 g/mol. The van der Waals surface area contributed by atoms with Crippen LogP contribution < -0.4 is 10.6 Å². The molecule has 0 unspecified atom stereocenters. The maximum absolute atomic E-state index is 13.0. The smallest absolute Gasteiger partial charge is 0.251 e. The lowest BCUT2D eigenvalue weighted by atomic mass is 10.0. The zero-order valence-corrected chi connectivity index (χ0v) is 15.5. The van der Waals surface area contributed by atoms with E-state index in [4.69, 9.17) is 4.74 Å². The Balaban J connectivity index is 1.53. The molecular formula is C20H21FN4O4. The fourth-order valence-corrected chi connectivity index (χ4v) is 2.84. The van der Waals surface area contributed by atoms with E-state index in [2.05, 4.69) is 20.6 Å². The summed E-state index contributed by atoms with van der Waals surface area (Å²) in [5.74, 6) is -1.08. The summed E-state index contributed by atoms with van der Waals surface area (Å²) in [6, 6.07) is 6.27. The Hall–Kier alpha value is -3.17. The van der Waals surface area contributed by atoms with Crippen LogP contribution in [0.3, 0.4) is 0 Å². The van der Waals surface area contributed by atoms with Crippen LogP contribution in [0.15, 0.2) is 55.0 Å². The molecule has 2 amide bonds. The van der Waals surface area contributed by atoms with Gasteiger partial charge in [0.25, 0.3) is 5.91 Å². The van der Waals surface area contributed by atoms with Gasteiger partial charge >= 0.3 is 0 Å². The Kier molecular flexibility index (Phi) is 6.99. The SMILES string of the molecule is O=C(C[C@H]1C=C[C@H](NC(=O)c2ccc(F)cc2)[C@H](CO)O1)NCc1ccncn1. The first-order valence-corrected chi connectivity index (χ1v) is 9.08. The van der Waals surface area contributed by atoms with Crippen molar-refractivity contribution in [1.29, 1.82) is 0 Å². The van der Waals surface area contributed by atoms with E-state index in [0.717, 1.165) is 0 Å². The van der Waals surface area contributed by atoms with Crippen LogP contribution in [-0.2, 0) is 16.1 Å². The molecule has 1 aliphatic rings. The topological polar surface area (TPSA) is 113 Å². The average molecular weight is 400 g/mol. The molecule has 152 valence electrons. The lowest BCUT2D eigenvalue weighted by Crippen LogP contribution is -2.49. The molecular weight excluding hydrogens is 379 g/mol. The minimum Gasteiger partial charge on any atom is -0.394 e. The van der Waals surface area contributed by atoms with Crippen LogP contribution in [0.5, 0.6) is 0 Å². The summed E-state index contributed by atoms with van der Waals surface area (Å²) in [7, 11) is 0. The second-order valence-electron chi connectivity index (χ2n) is 6.47. The van der Waals surface area contributed by atoms with E-state index in [0.29, 0.717) is 11.3 Å². The number of aromatic nitrogens is 2. The highest BCUT2D eigenvalue weighted by atomic mass is 19.1. The fourth-order valence-electron chi connectivity index (χ4n) is 2.84. The van der Waals surface area contributed by atoms with Gasteiger partial charge in [0.05, 0.1) is 37.4 Å². The summed E-state index contributed by atoms with van der Waals surface area (Å²) < 4.78 is 18.7. The highest BCUT2D eigenvalue weighted by Crippen LogP contribution is 2.16. The number of nitrogens with zero attached hydrogens (tertiary/aromatic N) is 2. The molecule has 3 atom stereocenters. The zero-order valence-electron chi connectivity index (χ0n) is 15.5. The van der Waals surface area contributed by atoms with E-state index >= 15 is 0 Å². The molecule has 0 aliphatic carbocycles. The summed E-state index contributed by atoms with van der Waals surface area (Å²) in [6.07, 6.45) is 5.19. The Morgan fingerprint density at radius 1 is 1.17 bits per heavy atom. The molecule has 8 nitrogen and oxygen atoms in total. The number of benzene rings is 1. The fraction of sp³-hybridized carbons (Fsp3) is 0.300. The van der Waals surface area contributed by atoms with Crippen LogP contribution in [0.1, 0.15) is 22.5 Å². The first kappa shape index (κ1) is 20.6. The molecule has 9 heteroatoms. The van der Waals surface area contributed by atoms with Gasteiger partial charge in [-0.15, -0.1) is 0 Å². The molecule has 2 heterocycles. The molecule has 3 rings (SSSR count). The predicted octanol–water partition coefficient (Wildman–Crippen LogP) is 0.736. The second-order valence-corrected chi connectivity index (χ2v) is 6.47. The van der Waals surface area contributed by atoms with Gasteiger partial charge in [0.2, 0.25) is 5.91 Å². The predicted molar refractivity (Wildman–Crippen MR) is 101 cm³/mol. The minimum atomic E-state index is -0.705. The number of carbonyl (C=O) groups excluding carboxylic acids is 2. The van der Waals surface area contributed by atoms with Gasteiger partial charge in [-0.25, -0.2) is 14.4 Å². The molecule has 29 heavy (non-hydrogen) atoms. The summed E-state index contributed by atoms with van der Waals surface area (Å²) in [5, 5.41) is 15.1. The molecule has 0 fully saturated rings. The van der Waals surface area contributed by atoms with E-state index < -0.39 is 30.0 Å². The van der Waals surface area contributed by atoms with E-state index in [-0.39, 0.29) is 25.5 Å². The van der Waals surface area contributed by atoms with Crippen LogP contribution in [-0.4, -0.2) is 51.7 Å². The van der Waals surface area contributed by atoms with Gasteiger partial charge in [-0.05, 0) is 30.3 Å². The molecule has 1 aromatic heterocycles. The van der Waals surface area contributed by atoms with E-state index in [9.17, 15) is 19.1 Å². The Morgan fingerprint density at radius 3 is 2.66 bits per heavy atom. The van der Waals surface area contributed by atoms with Crippen molar-refractivity contribution in [2.24, 2.45) is 0 Å². The van der Waals surface area contributed by atoms with Crippen molar-refractivity contribution in [2.75, 3.05) is 6.61 Å². The number of aliphatic hydroxyl groups is 1. The summed E-state index contributed by atoms with van der Waals surface area (Å²) in [4.78, 5) is 32.2. The number of rotatable bonds is 7. The summed E-state index contributed by atoms with van der Waals surface area (Å²) in [5.41, 5.74) is 0.980. The molecule has 0 saturated carbocycles. The van der Waals surface area contributed by atoms with Gasteiger partial charge in [0, 0.05) is 11.8 Å². The lowest BCUT2D eigenvalue weighted by Gasteiger charge is -2.31. The van der Waals surface area contributed by atoms with Gasteiger partial charge < -0.3 is 20.5 Å². The number of nitrogens with one attached hydrogen (secondary N) is 2.